The van der Waals surface area contributed by atoms with E-state index in [9.17, 15) is 4.79 Å². The molecule has 1 fully saturated rings. The molecule has 0 radical (unpaired) electrons. The lowest BCUT2D eigenvalue weighted by Gasteiger charge is -2.38. The summed E-state index contributed by atoms with van der Waals surface area (Å²) in [4.78, 5) is 15.7. The number of ether oxygens (including phenoxy) is 3. The van der Waals surface area contributed by atoms with Gasteiger partial charge in [-0.15, -0.1) is 0 Å². The zero-order valence-electron chi connectivity index (χ0n) is 21.0. The topological polar surface area (TPSA) is 48.0 Å². The van der Waals surface area contributed by atoms with Gasteiger partial charge in [0, 0.05) is 18.6 Å². The summed E-state index contributed by atoms with van der Waals surface area (Å²) in [5.74, 6) is 1.16. The number of nitrogens with zero attached hydrogens (tertiary/aromatic N) is 1. The minimum Gasteiger partial charge on any atom is -0.493 e. The summed E-state index contributed by atoms with van der Waals surface area (Å²) < 4.78 is 16.4. The van der Waals surface area contributed by atoms with E-state index in [2.05, 4.69) is 54.3 Å². The zero-order valence-corrected chi connectivity index (χ0v) is 21.0. The molecule has 0 bridgehead atoms. The number of methoxy groups -OCH3 is 3. The number of esters is 1. The van der Waals surface area contributed by atoms with Gasteiger partial charge in [-0.05, 0) is 54.5 Å². The van der Waals surface area contributed by atoms with E-state index in [0.29, 0.717) is 18.0 Å². The summed E-state index contributed by atoms with van der Waals surface area (Å²) in [6, 6.07) is 27.0. The van der Waals surface area contributed by atoms with E-state index >= 15 is 0 Å². The molecule has 0 amide bonds. The third-order valence-corrected chi connectivity index (χ3v) is 7.34. The molecule has 1 saturated carbocycles. The van der Waals surface area contributed by atoms with E-state index in [1.54, 1.807) is 14.2 Å². The van der Waals surface area contributed by atoms with Crippen LogP contribution in [0.1, 0.15) is 48.4 Å². The molecule has 0 heterocycles. The summed E-state index contributed by atoms with van der Waals surface area (Å²) in [6.45, 7) is 2.90. The van der Waals surface area contributed by atoms with Crippen molar-refractivity contribution in [3.63, 3.8) is 0 Å². The van der Waals surface area contributed by atoms with E-state index in [0.717, 1.165) is 18.4 Å². The molecule has 5 nitrogen and oxygen atoms in total. The van der Waals surface area contributed by atoms with E-state index < -0.39 is 0 Å². The van der Waals surface area contributed by atoms with Crippen molar-refractivity contribution < 1.29 is 19.0 Å². The number of rotatable bonds is 9. The Morgan fingerprint density at radius 1 is 0.886 bits per heavy atom. The molecule has 0 aliphatic heterocycles. The maximum absolute atomic E-state index is 13.2. The van der Waals surface area contributed by atoms with E-state index in [1.165, 1.54) is 18.2 Å². The third kappa shape index (κ3) is 5.35. The number of carbonyl (C=O) groups excluding carboxylic acids is 1. The molecule has 4 atom stereocenters. The Morgan fingerprint density at radius 2 is 1.54 bits per heavy atom. The predicted molar refractivity (Wildman–Crippen MR) is 138 cm³/mol. The van der Waals surface area contributed by atoms with Gasteiger partial charge in [0.25, 0.3) is 0 Å². The van der Waals surface area contributed by atoms with Gasteiger partial charge in [-0.3, -0.25) is 9.69 Å². The van der Waals surface area contributed by atoms with Gasteiger partial charge in [-0.25, -0.2) is 0 Å². The van der Waals surface area contributed by atoms with Gasteiger partial charge >= 0.3 is 5.97 Å². The smallest absolute Gasteiger partial charge is 0.310 e. The monoisotopic (exact) mass is 473 g/mol. The Hall–Kier alpha value is -3.31. The van der Waals surface area contributed by atoms with Gasteiger partial charge in [-0.1, -0.05) is 66.7 Å². The molecule has 4 rings (SSSR count). The quantitative estimate of drug-likeness (QED) is 0.357. The van der Waals surface area contributed by atoms with Crippen molar-refractivity contribution in [2.75, 3.05) is 21.3 Å². The summed E-state index contributed by atoms with van der Waals surface area (Å²) in [7, 11) is 4.80. The molecular weight excluding hydrogens is 438 g/mol. The number of hydrogen-bond acceptors (Lipinski definition) is 5. The lowest BCUT2D eigenvalue weighted by Crippen LogP contribution is -2.43. The molecule has 0 aromatic heterocycles. The first-order valence-corrected chi connectivity index (χ1v) is 12.2. The molecule has 5 heteroatoms. The molecule has 184 valence electrons. The summed E-state index contributed by atoms with van der Waals surface area (Å²) >= 11 is 0. The van der Waals surface area contributed by atoms with Crippen molar-refractivity contribution in [2.45, 2.75) is 44.3 Å². The Kier molecular flexibility index (Phi) is 8.09. The molecule has 3 aromatic carbocycles. The molecule has 3 aromatic rings. The lowest BCUT2D eigenvalue weighted by molar-refractivity contribution is -0.148. The van der Waals surface area contributed by atoms with Crippen molar-refractivity contribution in [1.29, 1.82) is 0 Å². The van der Waals surface area contributed by atoms with Crippen LogP contribution in [0.5, 0.6) is 11.5 Å². The number of carbonyl (C=O) groups is 1. The SMILES string of the molecule is COC(=O)[C@@H]1C(N(Cc2ccc(OC)c(OC)c2)[C@H](C)c2ccccc2)CC[C@H]1c1ccccc1. The maximum atomic E-state index is 13.2. The highest BCUT2D eigenvalue weighted by molar-refractivity contribution is 5.75. The highest BCUT2D eigenvalue weighted by Gasteiger charge is 2.46. The summed E-state index contributed by atoms with van der Waals surface area (Å²) in [5.41, 5.74) is 3.53. The minimum atomic E-state index is -0.242. The van der Waals surface area contributed by atoms with Crippen LogP contribution in [-0.2, 0) is 16.1 Å². The largest absolute Gasteiger partial charge is 0.493 e. The van der Waals surface area contributed by atoms with Gasteiger partial charge in [0.15, 0.2) is 11.5 Å². The maximum Gasteiger partial charge on any atom is 0.310 e. The molecule has 0 saturated heterocycles. The third-order valence-electron chi connectivity index (χ3n) is 7.34. The minimum absolute atomic E-state index is 0.0379. The zero-order chi connectivity index (χ0) is 24.8. The number of hydrogen-bond donors (Lipinski definition) is 0. The van der Waals surface area contributed by atoms with Crippen LogP contribution in [0, 0.1) is 5.92 Å². The van der Waals surface area contributed by atoms with Crippen molar-refractivity contribution in [3.05, 3.63) is 95.6 Å². The van der Waals surface area contributed by atoms with Crippen molar-refractivity contribution >= 4 is 5.97 Å². The van der Waals surface area contributed by atoms with E-state index in [4.69, 9.17) is 14.2 Å². The van der Waals surface area contributed by atoms with Gasteiger partial charge in [-0.2, -0.15) is 0 Å². The highest BCUT2D eigenvalue weighted by atomic mass is 16.5. The van der Waals surface area contributed by atoms with Crippen LogP contribution in [0.3, 0.4) is 0 Å². The van der Waals surface area contributed by atoms with Crippen LogP contribution >= 0.6 is 0 Å². The average Bonchev–Trinajstić information content (AvgIpc) is 3.36. The fraction of sp³-hybridized carbons (Fsp3) is 0.367. The Labute approximate surface area is 208 Å². The summed E-state index contributed by atoms with van der Waals surface area (Å²) in [5, 5.41) is 0. The van der Waals surface area contributed by atoms with Crippen LogP contribution in [-0.4, -0.2) is 38.2 Å². The van der Waals surface area contributed by atoms with Crippen molar-refractivity contribution in [1.82, 2.24) is 4.90 Å². The standard InChI is InChI=1S/C30H35NO4/c1-21(23-11-7-5-8-12-23)31(20-22-15-18-27(33-2)28(19-22)34-3)26-17-16-25(29(26)30(32)35-4)24-13-9-6-10-14-24/h5-15,18-19,21,25-26,29H,16-17,20H2,1-4H3/t21-,25+,26?,29+/m1/s1. The molecule has 35 heavy (non-hydrogen) atoms. The van der Waals surface area contributed by atoms with E-state index in [-0.39, 0.29) is 29.9 Å². The second-order valence-corrected chi connectivity index (χ2v) is 9.16. The summed E-state index contributed by atoms with van der Waals surface area (Å²) in [6.07, 6.45) is 1.86. The first kappa shape index (κ1) is 24.8. The fourth-order valence-corrected chi connectivity index (χ4v) is 5.54. The Bertz CT molecular complexity index is 1100. The van der Waals surface area contributed by atoms with Gasteiger partial charge < -0.3 is 14.2 Å². The van der Waals surface area contributed by atoms with Crippen LogP contribution in [0.25, 0.3) is 0 Å². The highest BCUT2D eigenvalue weighted by Crippen LogP contribution is 2.45. The first-order chi connectivity index (χ1) is 17.1. The molecule has 1 aliphatic carbocycles. The molecule has 1 unspecified atom stereocenters. The van der Waals surface area contributed by atoms with Crippen LogP contribution < -0.4 is 9.47 Å². The predicted octanol–water partition coefficient (Wildman–Crippen LogP) is 6.00. The van der Waals surface area contributed by atoms with Crippen LogP contribution in [0.2, 0.25) is 0 Å². The van der Waals surface area contributed by atoms with Gasteiger partial charge in [0.2, 0.25) is 0 Å². The van der Waals surface area contributed by atoms with Crippen molar-refractivity contribution in [3.8, 4) is 11.5 Å². The first-order valence-electron chi connectivity index (χ1n) is 12.2. The molecule has 1 aliphatic rings. The van der Waals surface area contributed by atoms with Crippen LogP contribution in [0.15, 0.2) is 78.9 Å². The average molecular weight is 474 g/mol. The lowest BCUT2D eigenvalue weighted by atomic mass is 9.86. The number of benzene rings is 3. The Balaban J connectivity index is 1.73. The second-order valence-electron chi connectivity index (χ2n) is 9.16. The fourth-order valence-electron chi connectivity index (χ4n) is 5.54. The molecule has 0 N–H and O–H groups in total. The second kappa shape index (κ2) is 11.4. The molecule has 0 spiro atoms. The normalized spacial score (nSPS) is 20.4. The van der Waals surface area contributed by atoms with Crippen LogP contribution in [0.4, 0.5) is 0 Å². The van der Waals surface area contributed by atoms with E-state index in [1.807, 2.05) is 36.4 Å². The molecular formula is C30H35NO4. The van der Waals surface area contributed by atoms with Gasteiger partial charge in [0.1, 0.15) is 0 Å². The Morgan fingerprint density at radius 3 is 2.17 bits per heavy atom. The van der Waals surface area contributed by atoms with Crippen molar-refractivity contribution in [2.24, 2.45) is 5.92 Å². The van der Waals surface area contributed by atoms with Gasteiger partial charge in [0.05, 0.1) is 27.2 Å².